The lowest BCUT2D eigenvalue weighted by Crippen LogP contribution is -2.15. The fraction of sp³-hybridized carbons (Fsp3) is 0.0909. The highest BCUT2D eigenvalue weighted by Crippen LogP contribution is 2.27. The number of carbonyl (C=O) groups excluding carboxylic acids is 1. The van der Waals surface area contributed by atoms with Crippen molar-refractivity contribution in [3.63, 3.8) is 0 Å². The molecule has 104 valence electrons. The van der Waals surface area contributed by atoms with Crippen LogP contribution in [0.1, 0.15) is 16.1 Å². The van der Waals surface area contributed by atoms with E-state index in [0.717, 1.165) is 18.3 Å². The van der Waals surface area contributed by atoms with Crippen molar-refractivity contribution in [2.24, 2.45) is 0 Å². The van der Waals surface area contributed by atoms with Crippen molar-refractivity contribution >= 4 is 23.3 Å². The molecule has 1 amide bonds. The second kappa shape index (κ2) is 5.41. The molecule has 2 heterocycles. The third-order valence-corrected chi connectivity index (χ3v) is 2.37. The van der Waals surface area contributed by atoms with Gasteiger partial charge in [0.25, 0.3) is 5.91 Å². The molecule has 0 unspecified atom stereocenters. The molecule has 0 aliphatic carbocycles. The largest absolute Gasteiger partial charge is 0.433 e. The monoisotopic (exact) mass is 302 g/mol. The van der Waals surface area contributed by atoms with Crippen LogP contribution in [0.15, 0.2) is 30.6 Å². The highest BCUT2D eigenvalue weighted by atomic mass is 35.5. The smallest absolute Gasteiger partial charge is 0.306 e. The van der Waals surface area contributed by atoms with Crippen LogP contribution in [0, 0.1) is 0 Å². The molecule has 0 aliphatic heterocycles. The number of nitrogens with one attached hydrogen (secondary N) is 1. The standard InChI is InChI=1S/C11H6ClF3N4O/c12-10-16-4-3-8(19-10)18-9(20)6-1-2-7(17-5-6)11(13,14)15/h1-5H,(H,16,18,19,20). The molecule has 2 rings (SSSR count). The molecule has 0 aliphatic rings. The van der Waals surface area contributed by atoms with E-state index in [-0.39, 0.29) is 16.7 Å². The van der Waals surface area contributed by atoms with Crippen molar-refractivity contribution < 1.29 is 18.0 Å². The summed E-state index contributed by atoms with van der Waals surface area (Å²) in [6.45, 7) is 0. The lowest BCUT2D eigenvalue weighted by atomic mass is 10.2. The first-order valence-corrected chi connectivity index (χ1v) is 5.57. The van der Waals surface area contributed by atoms with Gasteiger partial charge in [0.15, 0.2) is 0 Å². The second-order valence-corrected chi connectivity index (χ2v) is 3.93. The Morgan fingerprint density at radius 3 is 2.50 bits per heavy atom. The van der Waals surface area contributed by atoms with Crippen LogP contribution in [-0.4, -0.2) is 20.9 Å². The number of pyridine rings is 1. The van der Waals surface area contributed by atoms with Crippen molar-refractivity contribution in [2.75, 3.05) is 5.32 Å². The number of rotatable bonds is 2. The molecule has 5 nitrogen and oxygen atoms in total. The van der Waals surface area contributed by atoms with Gasteiger partial charge in [0.2, 0.25) is 5.28 Å². The van der Waals surface area contributed by atoms with Gasteiger partial charge in [-0.1, -0.05) is 0 Å². The van der Waals surface area contributed by atoms with Crippen LogP contribution in [-0.2, 0) is 6.18 Å². The van der Waals surface area contributed by atoms with E-state index in [1.807, 2.05) is 0 Å². The van der Waals surface area contributed by atoms with E-state index in [4.69, 9.17) is 11.6 Å². The van der Waals surface area contributed by atoms with Gasteiger partial charge in [-0.2, -0.15) is 13.2 Å². The minimum atomic E-state index is -4.55. The van der Waals surface area contributed by atoms with Crippen molar-refractivity contribution in [3.8, 4) is 0 Å². The molecule has 1 N–H and O–H groups in total. The average molecular weight is 303 g/mol. The van der Waals surface area contributed by atoms with E-state index in [1.54, 1.807) is 0 Å². The van der Waals surface area contributed by atoms with Gasteiger partial charge in [-0.15, -0.1) is 0 Å². The summed E-state index contributed by atoms with van der Waals surface area (Å²) in [4.78, 5) is 22.3. The quantitative estimate of drug-likeness (QED) is 0.866. The number of amides is 1. The van der Waals surface area contributed by atoms with Gasteiger partial charge in [-0.25, -0.2) is 9.97 Å². The Bertz CT molecular complexity index is 630. The number of hydrogen-bond donors (Lipinski definition) is 1. The molecule has 0 fully saturated rings. The Kier molecular flexibility index (Phi) is 3.84. The zero-order valence-electron chi connectivity index (χ0n) is 9.65. The van der Waals surface area contributed by atoms with Crippen LogP contribution in [0.25, 0.3) is 0 Å². The lowest BCUT2D eigenvalue weighted by Gasteiger charge is -2.07. The predicted octanol–water partition coefficient (Wildman–Crippen LogP) is 2.80. The van der Waals surface area contributed by atoms with Gasteiger partial charge < -0.3 is 5.32 Å². The van der Waals surface area contributed by atoms with Gasteiger partial charge in [-0.3, -0.25) is 9.78 Å². The van der Waals surface area contributed by atoms with Crippen LogP contribution >= 0.6 is 11.6 Å². The Morgan fingerprint density at radius 2 is 1.95 bits per heavy atom. The number of halogens is 4. The van der Waals surface area contributed by atoms with Crippen molar-refractivity contribution in [3.05, 3.63) is 47.1 Å². The van der Waals surface area contributed by atoms with Crippen LogP contribution < -0.4 is 5.32 Å². The van der Waals surface area contributed by atoms with E-state index < -0.39 is 17.8 Å². The average Bonchev–Trinajstić information content (AvgIpc) is 2.38. The molecule has 20 heavy (non-hydrogen) atoms. The summed E-state index contributed by atoms with van der Waals surface area (Å²) in [6.07, 6.45) is -2.38. The van der Waals surface area contributed by atoms with E-state index >= 15 is 0 Å². The first-order valence-electron chi connectivity index (χ1n) is 5.19. The Hall–Kier alpha value is -2.22. The molecule has 2 aromatic rings. The van der Waals surface area contributed by atoms with Gasteiger partial charge in [-0.05, 0) is 29.8 Å². The van der Waals surface area contributed by atoms with Gasteiger partial charge in [0.1, 0.15) is 11.5 Å². The molecule has 9 heteroatoms. The maximum atomic E-state index is 12.3. The van der Waals surface area contributed by atoms with Crippen molar-refractivity contribution in [1.29, 1.82) is 0 Å². The van der Waals surface area contributed by atoms with Crippen LogP contribution in [0.2, 0.25) is 5.28 Å². The number of nitrogens with zero attached hydrogens (tertiary/aromatic N) is 3. The maximum absolute atomic E-state index is 12.3. The zero-order valence-corrected chi connectivity index (χ0v) is 10.4. The van der Waals surface area contributed by atoms with E-state index in [0.29, 0.717) is 0 Å². The Labute approximate surface area is 115 Å². The summed E-state index contributed by atoms with van der Waals surface area (Å²) in [5.74, 6) is -0.518. The topological polar surface area (TPSA) is 67.8 Å². The maximum Gasteiger partial charge on any atom is 0.433 e. The summed E-state index contributed by atoms with van der Waals surface area (Å²) in [5.41, 5.74) is -1.10. The van der Waals surface area contributed by atoms with Gasteiger partial charge in [0, 0.05) is 12.4 Å². The minimum Gasteiger partial charge on any atom is -0.306 e. The molecular formula is C11H6ClF3N4O. The normalized spacial score (nSPS) is 11.2. The second-order valence-electron chi connectivity index (χ2n) is 3.59. The van der Waals surface area contributed by atoms with Crippen LogP contribution in [0.4, 0.5) is 19.0 Å². The number of anilines is 1. The lowest BCUT2D eigenvalue weighted by molar-refractivity contribution is -0.141. The molecule has 0 saturated carbocycles. The molecule has 0 spiro atoms. The van der Waals surface area contributed by atoms with Crippen LogP contribution in [0.5, 0.6) is 0 Å². The third-order valence-electron chi connectivity index (χ3n) is 2.18. The molecule has 0 aromatic carbocycles. The number of carbonyl (C=O) groups is 1. The van der Waals surface area contributed by atoms with Crippen molar-refractivity contribution in [1.82, 2.24) is 15.0 Å². The van der Waals surface area contributed by atoms with E-state index in [1.165, 1.54) is 12.3 Å². The number of hydrogen-bond acceptors (Lipinski definition) is 4. The molecule has 0 atom stereocenters. The SMILES string of the molecule is O=C(Nc1ccnc(Cl)n1)c1ccc(C(F)(F)F)nc1. The Morgan fingerprint density at radius 1 is 1.20 bits per heavy atom. The fourth-order valence-electron chi connectivity index (χ4n) is 1.29. The highest BCUT2D eigenvalue weighted by Gasteiger charge is 2.32. The molecule has 0 radical (unpaired) electrons. The summed E-state index contributed by atoms with van der Waals surface area (Å²) in [7, 11) is 0. The van der Waals surface area contributed by atoms with E-state index in [2.05, 4.69) is 20.3 Å². The summed E-state index contributed by atoms with van der Waals surface area (Å²) >= 11 is 5.53. The minimum absolute atomic E-state index is 0.0345. The van der Waals surface area contributed by atoms with Gasteiger partial charge >= 0.3 is 6.18 Å². The molecule has 0 bridgehead atoms. The number of aromatic nitrogens is 3. The molecule has 2 aromatic heterocycles. The molecular weight excluding hydrogens is 297 g/mol. The first kappa shape index (κ1) is 14.2. The van der Waals surface area contributed by atoms with Gasteiger partial charge in [0.05, 0.1) is 5.56 Å². The summed E-state index contributed by atoms with van der Waals surface area (Å²) in [6, 6.07) is 3.14. The van der Waals surface area contributed by atoms with E-state index in [9.17, 15) is 18.0 Å². The number of alkyl halides is 3. The van der Waals surface area contributed by atoms with Crippen molar-refractivity contribution in [2.45, 2.75) is 6.18 Å². The summed E-state index contributed by atoms with van der Waals surface area (Å²) in [5, 5.41) is 2.30. The Balaban J connectivity index is 2.14. The highest BCUT2D eigenvalue weighted by molar-refractivity contribution is 6.28. The van der Waals surface area contributed by atoms with Crippen LogP contribution in [0.3, 0.4) is 0 Å². The third kappa shape index (κ3) is 3.41. The summed E-state index contributed by atoms with van der Waals surface area (Å²) < 4.78 is 37.0. The molecule has 0 saturated heterocycles. The fourth-order valence-corrected chi connectivity index (χ4v) is 1.44. The predicted molar refractivity (Wildman–Crippen MR) is 64.2 cm³/mol. The zero-order chi connectivity index (χ0) is 14.8. The first-order chi connectivity index (χ1) is 9.36.